The zero-order chi connectivity index (χ0) is 14.8. The first-order chi connectivity index (χ1) is 9.40. The number of amides is 1. The van der Waals surface area contributed by atoms with Crippen LogP contribution in [-0.4, -0.2) is 32.4 Å². The molecule has 1 fully saturated rings. The van der Waals surface area contributed by atoms with E-state index < -0.39 is 10.0 Å². The molecule has 1 amide bonds. The van der Waals surface area contributed by atoms with Crippen LogP contribution in [0.5, 0.6) is 0 Å². The molecule has 1 aromatic heterocycles. The van der Waals surface area contributed by atoms with E-state index in [2.05, 4.69) is 15.0 Å². The SMILES string of the molecule is O=C(NCCNS(=O)(=O)c1cnc(Cl)c(Cl)c1)C1CC1. The Labute approximate surface area is 126 Å². The molecule has 110 valence electrons. The van der Waals surface area contributed by atoms with Crippen LogP contribution in [0.3, 0.4) is 0 Å². The lowest BCUT2D eigenvalue weighted by atomic mass is 10.4. The summed E-state index contributed by atoms with van der Waals surface area (Å²) >= 11 is 11.3. The third kappa shape index (κ3) is 4.05. The highest BCUT2D eigenvalue weighted by Gasteiger charge is 2.29. The fourth-order valence-electron chi connectivity index (χ4n) is 1.49. The second-order valence-electron chi connectivity index (χ2n) is 4.41. The molecular weight excluding hydrogens is 325 g/mol. The van der Waals surface area contributed by atoms with E-state index in [1.165, 1.54) is 6.07 Å². The van der Waals surface area contributed by atoms with Crippen molar-refractivity contribution in [2.45, 2.75) is 17.7 Å². The second kappa shape index (κ2) is 6.26. The van der Waals surface area contributed by atoms with E-state index in [1.807, 2.05) is 0 Å². The van der Waals surface area contributed by atoms with Crippen LogP contribution in [0, 0.1) is 5.92 Å². The molecule has 0 spiro atoms. The van der Waals surface area contributed by atoms with Crippen LogP contribution < -0.4 is 10.0 Å². The standard InChI is InChI=1S/C11H13Cl2N3O3S/c12-9-5-8(6-15-10(9)13)20(18,19)16-4-3-14-11(17)7-1-2-7/h5-7,16H,1-4H2,(H,14,17). The first-order valence-electron chi connectivity index (χ1n) is 5.98. The second-order valence-corrected chi connectivity index (χ2v) is 6.94. The first-order valence-corrected chi connectivity index (χ1v) is 8.22. The van der Waals surface area contributed by atoms with E-state index in [4.69, 9.17) is 23.2 Å². The maximum Gasteiger partial charge on any atom is 0.242 e. The molecule has 2 rings (SSSR count). The number of carbonyl (C=O) groups excluding carboxylic acids is 1. The van der Waals surface area contributed by atoms with Gasteiger partial charge in [-0.2, -0.15) is 0 Å². The molecule has 0 bridgehead atoms. The molecule has 6 nitrogen and oxygen atoms in total. The van der Waals surface area contributed by atoms with Gasteiger partial charge < -0.3 is 5.32 Å². The Kier molecular flexibility index (Phi) is 4.85. The number of nitrogens with one attached hydrogen (secondary N) is 2. The summed E-state index contributed by atoms with van der Waals surface area (Å²) in [6, 6.07) is 1.22. The summed E-state index contributed by atoms with van der Waals surface area (Å²) in [5, 5.41) is 2.77. The lowest BCUT2D eigenvalue weighted by Gasteiger charge is -2.08. The van der Waals surface area contributed by atoms with Crippen LogP contribution in [0.2, 0.25) is 10.2 Å². The first kappa shape index (κ1) is 15.5. The van der Waals surface area contributed by atoms with Crippen molar-refractivity contribution in [2.24, 2.45) is 5.92 Å². The number of aromatic nitrogens is 1. The topological polar surface area (TPSA) is 88.2 Å². The highest BCUT2D eigenvalue weighted by Crippen LogP contribution is 2.28. The Morgan fingerprint density at radius 1 is 1.35 bits per heavy atom. The van der Waals surface area contributed by atoms with Gasteiger partial charge in [0.1, 0.15) is 10.0 Å². The van der Waals surface area contributed by atoms with Crippen LogP contribution in [0.4, 0.5) is 0 Å². The quantitative estimate of drug-likeness (QED) is 0.602. The minimum Gasteiger partial charge on any atom is -0.355 e. The van der Waals surface area contributed by atoms with Crippen LogP contribution in [0.1, 0.15) is 12.8 Å². The Hall–Kier alpha value is -0.890. The maximum atomic E-state index is 11.9. The number of carbonyl (C=O) groups is 1. The Morgan fingerprint density at radius 2 is 2.05 bits per heavy atom. The third-order valence-electron chi connectivity index (χ3n) is 2.75. The van der Waals surface area contributed by atoms with Crippen molar-refractivity contribution in [3.8, 4) is 0 Å². The predicted octanol–water partition coefficient (Wildman–Crippen LogP) is 1.19. The van der Waals surface area contributed by atoms with Gasteiger partial charge in [0, 0.05) is 25.2 Å². The third-order valence-corrected chi connectivity index (χ3v) is 4.86. The summed E-state index contributed by atoms with van der Waals surface area (Å²) in [6.07, 6.45) is 2.94. The molecule has 20 heavy (non-hydrogen) atoms. The molecule has 0 saturated heterocycles. The average molecular weight is 338 g/mol. The highest BCUT2D eigenvalue weighted by atomic mass is 35.5. The zero-order valence-electron chi connectivity index (χ0n) is 10.4. The van der Waals surface area contributed by atoms with Gasteiger partial charge in [-0.15, -0.1) is 0 Å². The van der Waals surface area contributed by atoms with Crippen LogP contribution in [-0.2, 0) is 14.8 Å². The molecule has 2 N–H and O–H groups in total. The molecule has 0 radical (unpaired) electrons. The minimum atomic E-state index is -3.71. The zero-order valence-corrected chi connectivity index (χ0v) is 12.7. The van der Waals surface area contributed by atoms with Gasteiger partial charge in [-0.05, 0) is 18.9 Å². The lowest BCUT2D eigenvalue weighted by molar-refractivity contribution is -0.122. The average Bonchev–Trinajstić information content (AvgIpc) is 3.22. The van der Waals surface area contributed by atoms with Gasteiger partial charge in [0.15, 0.2) is 0 Å². The molecule has 0 atom stereocenters. The van der Waals surface area contributed by atoms with Crippen molar-refractivity contribution in [3.63, 3.8) is 0 Å². The predicted molar refractivity (Wildman–Crippen MR) is 75.2 cm³/mol. The smallest absolute Gasteiger partial charge is 0.242 e. The largest absolute Gasteiger partial charge is 0.355 e. The Bertz CT molecular complexity index is 617. The Balaban J connectivity index is 1.86. The number of nitrogens with zero attached hydrogens (tertiary/aromatic N) is 1. The number of pyridine rings is 1. The summed E-state index contributed by atoms with van der Waals surface area (Å²) in [4.78, 5) is 15.0. The molecule has 0 aliphatic heterocycles. The molecule has 1 aliphatic carbocycles. The molecule has 9 heteroatoms. The lowest BCUT2D eigenvalue weighted by Crippen LogP contribution is -2.35. The maximum absolute atomic E-state index is 11.9. The number of hydrogen-bond acceptors (Lipinski definition) is 4. The normalized spacial score (nSPS) is 15.1. The number of sulfonamides is 1. The molecule has 1 saturated carbocycles. The van der Waals surface area contributed by atoms with E-state index in [1.54, 1.807) is 0 Å². The number of halogens is 2. The fraction of sp³-hybridized carbons (Fsp3) is 0.455. The summed E-state index contributed by atoms with van der Waals surface area (Å²) in [5.41, 5.74) is 0. The van der Waals surface area contributed by atoms with Gasteiger partial charge in [0.25, 0.3) is 0 Å². The number of hydrogen-bond donors (Lipinski definition) is 2. The van der Waals surface area contributed by atoms with Crippen molar-refractivity contribution < 1.29 is 13.2 Å². The van der Waals surface area contributed by atoms with E-state index in [-0.39, 0.29) is 40.0 Å². The van der Waals surface area contributed by atoms with Gasteiger partial charge in [-0.1, -0.05) is 23.2 Å². The summed E-state index contributed by atoms with van der Waals surface area (Å²) < 4.78 is 26.2. The number of rotatable bonds is 6. The Morgan fingerprint density at radius 3 is 2.65 bits per heavy atom. The van der Waals surface area contributed by atoms with Gasteiger partial charge >= 0.3 is 0 Å². The van der Waals surface area contributed by atoms with Crippen LogP contribution in [0.15, 0.2) is 17.2 Å². The molecule has 1 aromatic rings. The molecule has 0 unspecified atom stereocenters. The van der Waals surface area contributed by atoms with Gasteiger partial charge in [0.05, 0.1) is 5.02 Å². The fourth-order valence-corrected chi connectivity index (χ4v) is 2.83. The summed E-state index contributed by atoms with van der Waals surface area (Å²) in [7, 11) is -3.71. The van der Waals surface area contributed by atoms with Gasteiger partial charge in [-0.25, -0.2) is 18.1 Å². The van der Waals surface area contributed by atoms with Crippen molar-refractivity contribution >= 4 is 39.1 Å². The van der Waals surface area contributed by atoms with E-state index >= 15 is 0 Å². The molecule has 1 heterocycles. The van der Waals surface area contributed by atoms with Crippen molar-refractivity contribution in [3.05, 3.63) is 22.4 Å². The monoisotopic (exact) mass is 337 g/mol. The van der Waals surface area contributed by atoms with Crippen molar-refractivity contribution in [1.82, 2.24) is 15.0 Å². The summed E-state index contributed by atoms with van der Waals surface area (Å²) in [6.45, 7) is 0.338. The van der Waals surface area contributed by atoms with Crippen LogP contribution in [0.25, 0.3) is 0 Å². The summed E-state index contributed by atoms with van der Waals surface area (Å²) in [5.74, 6) is 0.0753. The minimum absolute atomic E-state index is 0.0274. The molecule has 1 aliphatic rings. The van der Waals surface area contributed by atoms with Gasteiger partial charge in [-0.3, -0.25) is 4.79 Å². The van der Waals surface area contributed by atoms with E-state index in [0.717, 1.165) is 19.0 Å². The van der Waals surface area contributed by atoms with Gasteiger partial charge in [0.2, 0.25) is 15.9 Å². The van der Waals surface area contributed by atoms with E-state index in [0.29, 0.717) is 0 Å². The van der Waals surface area contributed by atoms with Crippen molar-refractivity contribution in [2.75, 3.05) is 13.1 Å². The van der Waals surface area contributed by atoms with E-state index in [9.17, 15) is 13.2 Å². The molecular formula is C11H13Cl2N3O3S. The van der Waals surface area contributed by atoms with Crippen LogP contribution >= 0.6 is 23.2 Å². The van der Waals surface area contributed by atoms with Crippen molar-refractivity contribution in [1.29, 1.82) is 0 Å². The molecule has 0 aromatic carbocycles. The highest BCUT2D eigenvalue weighted by molar-refractivity contribution is 7.89.